The van der Waals surface area contributed by atoms with Crippen molar-refractivity contribution in [3.05, 3.63) is 51.8 Å². The van der Waals surface area contributed by atoms with Crippen molar-refractivity contribution in [2.24, 2.45) is 7.05 Å². The topological polar surface area (TPSA) is 38.0 Å². The number of hydrogen-bond donors (Lipinski definition) is 1. The molecule has 0 spiro atoms. The van der Waals surface area contributed by atoms with Crippen LogP contribution in [0.3, 0.4) is 0 Å². The van der Waals surface area contributed by atoms with Crippen LogP contribution in [0.2, 0.25) is 10.0 Å². The Morgan fingerprint density at radius 2 is 1.86 bits per heavy atom. The van der Waals surface area contributed by atoms with E-state index < -0.39 is 23.4 Å². The molecule has 2 rings (SSSR count). The lowest BCUT2D eigenvalue weighted by Crippen LogP contribution is -2.47. The highest BCUT2D eigenvalue weighted by Crippen LogP contribution is 2.49. The van der Waals surface area contributed by atoms with E-state index in [9.17, 15) is 18.3 Å². The van der Waals surface area contributed by atoms with Gasteiger partial charge in [-0.05, 0) is 23.8 Å². The first-order valence-electron chi connectivity index (χ1n) is 6.31. The predicted octanol–water partition coefficient (Wildman–Crippen LogP) is 4.28. The van der Waals surface area contributed by atoms with Crippen LogP contribution in [0.4, 0.5) is 13.2 Å². The van der Waals surface area contributed by atoms with E-state index in [1.807, 2.05) is 0 Å². The number of nitrogens with zero attached hydrogens (tertiary/aromatic N) is 2. The van der Waals surface area contributed by atoms with Gasteiger partial charge in [-0.15, -0.1) is 0 Å². The van der Waals surface area contributed by atoms with Crippen molar-refractivity contribution in [2.75, 3.05) is 0 Å². The van der Waals surface area contributed by atoms with Crippen LogP contribution in [-0.4, -0.2) is 21.1 Å². The number of aromatic nitrogens is 2. The second-order valence-corrected chi connectivity index (χ2v) is 5.87. The summed E-state index contributed by atoms with van der Waals surface area (Å²) in [6.07, 6.45) is -3.59. The molecule has 0 radical (unpaired) electrons. The van der Waals surface area contributed by atoms with Crippen LogP contribution >= 0.6 is 23.2 Å². The first-order chi connectivity index (χ1) is 10.1. The first kappa shape index (κ1) is 17.1. The molecule has 1 aromatic carbocycles. The molecule has 0 fully saturated rings. The molecule has 1 N–H and O–H groups in total. The Morgan fingerprint density at radius 3 is 2.32 bits per heavy atom. The van der Waals surface area contributed by atoms with Crippen LogP contribution in [0.25, 0.3) is 0 Å². The Kier molecular flexibility index (Phi) is 4.48. The lowest BCUT2D eigenvalue weighted by atomic mass is 9.80. The molecule has 0 bridgehead atoms. The molecule has 2 atom stereocenters. The zero-order valence-electron chi connectivity index (χ0n) is 11.7. The Labute approximate surface area is 135 Å². The number of hydrogen-bond acceptors (Lipinski definition) is 2. The summed E-state index contributed by atoms with van der Waals surface area (Å²) < 4.78 is 41.9. The molecule has 1 aromatic heterocycles. The van der Waals surface area contributed by atoms with Gasteiger partial charge in [-0.3, -0.25) is 4.68 Å². The molecule has 0 saturated heterocycles. The van der Waals surface area contributed by atoms with Gasteiger partial charge in [0.1, 0.15) is 5.69 Å². The fourth-order valence-electron chi connectivity index (χ4n) is 2.31. The Bertz CT molecular complexity index is 687. The van der Waals surface area contributed by atoms with Crippen molar-refractivity contribution in [3.8, 4) is 0 Å². The molecule has 120 valence electrons. The van der Waals surface area contributed by atoms with Crippen molar-refractivity contribution in [1.82, 2.24) is 9.78 Å². The fourth-order valence-corrected chi connectivity index (χ4v) is 2.88. The van der Waals surface area contributed by atoms with E-state index in [4.69, 9.17) is 23.2 Å². The maximum atomic E-state index is 13.6. The van der Waals surface area contributed by atoms with Gasteiger partial charge in [-0.1, -0.05) is 36.2 Å². The van der Waals surface area contributed by atoms with E-state index in [0.29, 0.717) is 5.02 Å². The SMILES string of the molecule is CC(c1ccc(Cl)cc1Cl)C(O)(c1ccn(C)n1)C(F)(F)F. The molecule has 2 unspecified atom stereocenters. The van der Waals surface area contributed by atoms with Crippen molar-refractivity contribution in [3.63, 3.8) is 0 Å². The third-order valence-electron chi connectivity index (χ3n) is 3.59. The van der Waals surface area contributed by atoms with Crippen molar-refractivity contribution < 1.29 is 18.3 Å². The van der Waals surface area contributed by atoms with Gasteiger partial charge in [0.05, 0.1) is 0 Å². The van der Waals surface area contributed by atoms with Crippen LogP contribution < -0.4 is 0 Å². The molecule has 1 heterocycles. The summed E-state index contributed by atoms with van der Waals surface area (Å²) in [5.74, 6) is -1.37. The summed E-state index contributed by atoms with van der Waals surface area (Å²) in [5.41, 5.74) is -3.51. The monoisotopic (exact) mass is 352 g/mol. The molecule has 0 aliphatic heterocycles. The Balaban J connectivity index is 2.59. The number of rotatable bonds is 3. The highest BCUT2D eigenvalue weighted by atomic mass is 35.5. The Morgan fingerprint density at radius 1 is 1.23 bits per heavy atom. The number of aliphatic hydroxyl groups is 1. The van der Waals surface area contributed by atoms with Gasteiger partial charge in [-0.25, -0.2) is 0 Å². The van der Waals surface area contributed by atoms with Crippen molar-refractivity contribution >= 4 is 23.2 Å². The smallest absolute Gasteiger partial charge is 0.375 e. The summed E-state index contributed by atoms with van der Waals surface area (Å²) in [5, 5.41) is 14.5. The lowest BCUT2D eigenvalue weighted by molar-refractivity contribution is -0.276. The second kappa shape index (κ2) is 5.76. The average Bonchev–Trinajstić information content (AvgIpc) is 2.82. The number of alkyl halides is 3. The number of benzene rings is 1. The van der Waals surface area contributed by atoms with Crippen LogP contribution in [0, 0.1) is 0 Å². The maximum Gasteiger partial charge on any atom is 0.423 e. The van der Waals surface area contributed by atoms with E-state index in [1.165, 1.54) is 43.0 Å². The summed E-state index contributed by atoms with van der Waals surface area (Å²) in [6, 6.07) is 5.27. The highest BCUT2D eigenvalue weighted by Gasteiger charge is 2.60. The molecular formula is C14H13Cl2F3N2O. The van der Waals surface area contributed by atoms with Crippen molar-refractivity contribution in [1.29, 1.82) is 0 Å². The van der Waals surface area contributed by atoms with Gasteiger partial charge < -0.3 is 5.11 Å². The second-order valence-electron chi connectivity index (χ2n) is 5.03. The fraction of sp³-hybridized carbons (Fsp3) is 0.357. The van der Waals surface area contributed by atoms with E-state index in [2.05, 4.69) is 5.10 Å². The van der Waals surface area contributed by atoms with Gasteiger partial charge in [-0.2, -0.15) is 18.3 Å². The molecule has 0 saturated carbocycles. The first-order valence-corrected chi connectivity index (χ1v) is 7.07. The molecule has 2 aromatic rings. The zero-order chi connectivity index (χ0) is 16.7. The minimum Gasteiger partial charge on any atom is -0.375 e. The molecule has 0 aliphatic carbocycles. The largest absolute Gasteiger partial charge is 0.423 e. The van der Waals surface area contributed by atoms with Crippen LogP contribution in [0.5, 0.6) is 0 Å². The molecule has 22 heavy (non-hydrogen) atoms. The molecular weight excluding hydrogens is 340 g/mol. The molecule has 8 heteroatoms. The number of aryl methyl sites for hydroxylation is 1. The molecule has 0 aliphatic rings. The average molecular weight is 353 g/mol. The predicted molar refractivity (Wildman–Crippen MR) is 78.0 cm³/mol. The van der Waals surface area contributed by atoms with Gasteiger partial charge in [0.15, 0.2) is 0 Å². The highest BCUT2D eigenvalue weighted by molar-refractivity contribution is 6.35. The van der Waals surface area contributed by atoms with Crippen LogP contribution in [0.1, 0.15) is 24.1 Å². The molecule has 3 nitrogen and oxygen atoms in total. The minimum absolute atomic E-state index is 0.0543. The lowest BCUT2D eigenvalue weighted by Gasteiger charge is -2.35. The standard InChI is InChI=1S/C14H13Cl2F3N2O/c1-8(10-4-3-9(15)7-11(10)16)13(22,14(17,18)19)12-5-6-21(2)20-12/h3-8,22H,1-2H3. The van der Waals surface area contributed by atoms with E-state index >= 15 is 0 Å². The Hall–Kier alpha value is -1.24. The maximum absolute atomic E-state index is 13.6. The third kappa shape index (κ3) is 2.83. The van der Waals surface area contributed by atoms with Crippen LogP contribution in [-0.2, 0) is 12.6 Å². The van der Waals surface area contributed by atoms with Crippen molar-refractivity contribution in [2.45, 2.75) is 24.6 Å². The summed E-state index contributed by atoms with van der Waals surface area (Å²) in [7, 11) is 1.47. The van der Waals surface area contributed by atoms with E-state index in [-0.39, 0.29) is 10.6 Å². The van der Waals surface area contributed by atoms with Gasteiger partial charge in [0.25, 0.3) is 0 Å². The minimum atomic E-state index is -4.93. The third-order valence-corrected chi connectivity index (χ3v) is 4.15. The summed E-state index contributed by atoms with van der Waals surface area (Å²) in [4.78, 5) is 0. The van der Waals surface area contributed by atoms with Crippen LogP contribution in [0.15, 0.2) is 30.5 Å². The molecule has 0 amide bonds. The van der Waals surface area contributed by atoms with Gasteiger partial charge in [0, 0.05) is 29.2 Å². The zero-order valence-corrected chi connectivity index (χ0v) is 13.2. The van der Waals surface area contributed by atoms with E-state index in [1.54, 1.807) is 0 Å². The van der Waals surface area contributed by atoms with E-state index in [0.717, 1.165) is 6.07 Å². The summed E-state index contributed by atoms with van der Waals surface area (Å²) in [6.45, 7) is 1.25. The normalized spacial score (nSPS) is 16.4. The van der Waals surface area contributed by atoms with Gasteiger partial charge >= 0.3 is 6.18 Å². The quantitative estimate of drug-likeness (QED) is 0.895. The van der Waals surface area contributed by atoms with Gasteiger partial charge in [0.2, 0.25) is 5.60 Å². The number of halogens is 5. The summed E-state index contributed by atoms with van der Waals surface area (Å²) >= 11 is 11.7.